The van der Waals surface area contributed by atoms with Crippen LogP contribution in [0, 0.1) is 5.92 Å². The summed E-state index contributed by atoms with van der Waals surface area (Å²) in [7, 11) is 0. The molecule has 0 bridgehead atoms. The summed E-state index contributed by atoms with van der Waals surface area (Å²) in [5.41, 5.74) is 0. The molecule has 1 aliphatic carbocycles. The van der Waals surface area contributed by atoms with Crippen molar-refractivity contribution in [1.29, 1.82) is 0 Å². The predicted octanol–water partition coefficient (Wildman–Crippen LogP) is 3.11. The molecule has 1 heterocycles. The Bertz CT molecular complexity index is 197. The van der Waals surface area contributed by atoms with Crippen LogP contribution in [0.5, 0.6) is 0 Å². The van der Waals surface area contributed by atoms with Crippen LogP contribution in [0.25, 0.3) is 0 Å². The highest BCUT2D eigenvalue weighted by Crippen LogP contribution is 2.33. The van der Waals surface area contributed by atoms with E-state index in [-0.39, 0.29) is 0 Å². The van der Waals surface area contributed by atoms with Crippen LogP contribution in [0.15, 0.2) is 0 Å². The highest BCUT2D eigenvalue weighted by Gasteiger charge is 2.24. The van der Waals surface area contributed by atoms with E-state index in [1.807, 2.05) is 0 Å². The van der Waals surface area contributed by atoms with Crippen molar-refractivity contribution in [2.24, 2.45) is 5.92 Å². The molecule has 16 heavy (non-hydrogen) atoms. The molecule has 2 nitrogen and oxygen atoms in total. The van der Waals surface area contributed by atoms with Gasteiger partial charge in [0.1, 0.15) is 0 Å². The fourth-order valence-electron chi connectivity index (χ4n) is 2.80. The average Bonchev–Trinajstić information content (AvgIpc) is 2.89. The van der Waals surface area contributed by atoms with Crippen LogP contribution in [0.1, 0.15) is 58.8 Å². The van der Waals surface area contributed by atoms with E-state index >= 15 is 0 Å². The molecule has 0 spiro atoms. The summed E-state index contributed by atoms with van der Waals surface area (Å²) in [5, 5.41) is 3.72. The third-order valence-corrected chi connectivity index (χ3v) is 3.90. The molecule has 0 aromatic rings. The van der Waals surface area contributed by atoms with Crippen LogP contribution < -0.4 is 5.32 Å². The van der Waals surface area contributed by atoms with Crippen molar-refractivity contribution in [2.75, 3.05) is 6.61 Å². The first-order valence-electron chi connectivity index (χ1n) is 7.11. The predicted molar refractivity (Wildman–Crippen MR) is 67.6 cm³/mol. The van der Waals surface area contributed by atoms with Gasteiger partial charge in [-0.05, 0) is 51.9 Å². The molecule has 2 rings (SSSR count). The normalized spacial score (nSPS) is 29.2. The van der Waals surface area contributed by atoms with E-state index < -0.39 is 0 Å². The van der Waals surface area contributed by atoms with Gasteiger partial charge >= 0.3 is 0 Å². The van der Waals surface area contributed by atoms with Crippen molar-refractivity contribution in [2.45, 2.75) is 77.0 Å². The number of nitrogens with one attached hydrogen (secondary N) is 1. The molecule has 94 valence electrons. The summed E-state index contributed by atoms with van der Waals surface area (Å²) in [5.74, 6) is 1.04. The minimum Gasteiger partial charge on any atom is -0.378 e. The molecule has 3 atom stereocenters. The molecule has 1 saturated heterocycles. The van der Waals surface area contributed by atoms with Crippen LogP contribution in [0.4, 0.5) is 0 Å². The van der Waals surface area contributed by atoms with Crippen LogP contribution in [-0.2, 0) is 4.74 Å². The molecule has 2 heteroatoms. The highest BCUT2D eigenvalue weighted by atomic mass is 16.5. The number of ether oxygens (including phenoxy) is 1. The van der Waals surface area contributed by atoms with E-state index in [9.17, 15) is 0 Å². The zero-order chi connectivity index (χ0) is 11.4. The minimum absolute atomic E-state index is 0.558. The summed E-state index contributed by atoms with van der Waals surface area (Å²) < 4.78 is 5.66. The monoisotopic (exact) mass is 225 g/mol. The maximum Gasteiger partial charge on any atom is 0.0576 e. The molecule has 1 aliphatic heterocycles. The summed E-state index contributed by atoms with van der Waals surface area (Å²) >= 11 is 0. The van der Waals surface area contributed by atoms with E-state index in [0.717, 1.165) is 12.5 Å². The largest absolute Gasteiger partial charge is 0.378 e. The van der Waals surface area contributed by atoms with Crippen LogP contribution in [0.2, 0.25) is 0 Å². The van der Waals surface area contributed by atoms with Gasteiger partial charge in [0.05, 0.1) is 6.10 Å². The second-order valence-electron chi connectivity index (χ2n) is 5.86. The Morgan fingerprint density at radius 3 is 2.62 bits per heavy atom. The Kier molecular flexibility index (Phi) is 4.66. The van der Waals surface area contributed by atoms with E-state index in [1.54, 1.807) is 0 Å². The van der Waals surface area contributed by atoms with Crippen molar-refractivity contribution >= 4 is 0 Å². The topological polar surface area (TPSA) is 21.3 Å². The fourth-order valence-corrected chi connectivity index (χ4v) is 2.80. The first kappa shape index (κ1) is 12.4. The van der Waals surface area contributed by atoms with Crippen LogP contribution in [0.3, 0.4) is 0 Å². The molecular formula is C14H27NO. The lowest BCUT2D eigenvalue weighted by Crippen LogP contribution is -2.35. The summed E-state index contributed by atoms with van der Waals surface area (Å²) in [6.07, 6.45) is 9.93. The second-order valence-corrected chi connectivity index (χ2v) is 5.86. The highest BCUT2D eigenvalue weighted by molar-refractivity contribution is 4.79. The van der Waals surface area contributed by atoms with Gasteiger partial charge in [-0.1, -0.05) is 12.8 Å². The molecule has 1 N–H and O–H groups in total. The van der Waals surface area contributed by atoms with Crippen molar-refractivity contribution in [3.63, 3.8) is 0 Å². The lowest BCUT2D eigenvalue weighted by Gasteiger charge is -2.21. The lowest BCUT2D eigenvalue weighted by atomic mass is 10.1. The molecule has 0 radical (unpaired) electrons. The van der Waals surface area contributed by atoms with Gasteiger partial charge in [-0.2, -0.15) is 0 Å². The maximum atomic E-state index is 5.66. The quantitative estimate of drug-likeness (QED) is 0.719. The first-order chi connectivity index (χ1) is 7.74. The van der Waals surface area contributed by atoms with Crippen molar-refractivity contribution < 1.29 is 4.74 Å². The molecular weight excluding hydrogens is 198 g/mol. The van der Waals surface area contributed by atoms with E-state index in [4.69, 9.17) is 4.74 Å². The molecule has 0 aromatic carbocycles. The Morgan fingerprint density at radius 1 is 1.19 bits per heavy atom. The van der Waals surface area contributed by atoms with Gasteiger partial charge in [-0.15, -0.1) is 0 Å². The van der Waals surface area contributed by atoms with Gasteiger partial charge in [0.2, 0.25) is 0 Å². The Hall–Kier alpha value is -0.0800. The SMILES string of the molecule is CC(CCC1CCCO1)NC(C)CC1CC1. The van der Waals surface area contributed by atoms with Crippen LogP contribution in [-0.4, -0.2) is 24.8 Å². The van der Waals surface area contributed by atoms with Gasteiger partial charge in [0.15, 0.2) is 0 Å². The molecule has 2 aliphatic rings. The second kappa shape index (κ2) is 6.02. The van der Waals surface area contributed by atoms with Gasteiger partial charge in [-0.25, -0.2) is 0 Å². The van der Waals surface area contributed by atoms with Crippen molar-refractivity contribution in [3.8, 4) is 0 Å². The van der Waals surface area contributed by atoms with Gasteiger partial charge in [-0.3, -0.25) is 0 Å². The van der Waals surface area contributed by atoms with E-state index in [1.165, 1.54) is 44.9 Å². The van der Waals surface area contributed by atoms with Crippen LogP contribution >= 0.6 is 0 Å². The van der Waals surface area contributed by atoms with Gasteiger partial charge in [0, 0.05) is 18.7 Å². The fraction of sp³-hybridized carbons (Fsp3) is 1.00. The van der Waals surface area contributed by atoms with E-state index in [2.05, 4.69) is 19.2 Å². The zero-order valence-electron chi connectivity index (χ0n) is 10.9. The Balaban J connectivity index is 1.53. The number of hydrogen-bond acceptors (Lipinski definition) is 2. The number of rotatable bonds is 7. The average molecular weight is 225 g/mol. The summed E-state index contributed by atoms with van der Waals surface area (Å²) in [6, 6.07) is 1.35. The first-order valence-corrected chi connectivity index (χ1v) is 7.11. The third-order valence-electron chi connectivity index (χ3n) is 3.90. The van der Waals surface area contributed by atoms with Crippen molar-refractivity contribution in [3.05, 3.63) is 0 Å². The summed E-state index contributed by atoms with van der Waals surface area (Å²) in [4.78, 5) is 0. The third kappa shape index (κ3) is 4.42. The Labute approximate surface area is 100 Å². The molecule has 0 aromatic heterocycles. The molecule has 1 saturated carbocycles. The molecule has 3 unspecified atom stereocenters. The smallest absolute Gasteiger partial charge is 0.0576 e. The molecule has 2 fully saturated rings. The van der Waals surface area contributed by atoms with Gasteiger partial charge in [0.25, 0.3) is 0 Å². The van der Waals surface area contributed by atoms with Crippen molar-refractivity contribution in [1.82, 2.24) is 5.32 Å². The number of hydrogen-bond donors (Lipinski definition) is 1. The van der Waals surface area contributed by atoms with Gasteiger partial charge < -0.3 is 10.1 Å². The summed E-state index contributed by atoms with van der Waals surface area (Å²) in [6.45, 7) is 5.64. The minimum atomic E-state index is 0.558. The standard InChI is InChI=1S/C14H27NO/c1-11(5-8-14-4-3-9-16-14)15-12(2)10-13-6-7-13/h11-15H,3-10H2,1-2H3. The zero-order valence-corrected chi connectivity index (χ0v) is 10.9. The van der Waals surface area contributed by atoms with E-state index in [0.29, 0.717) is 18.2 Å². The Morgan fingerprint density at radius 2 is 2.00 bits per heavy atom. The molecule has 0 amide bonds. The maximum absolute atomic E-state index is 5.66. The lowest BCUT2D eigenvalue weighted by molar-refractivity contribution is 0.0997.